The molecular weight excluding hydrogens is 361 g/mol. The van der Waals surface area contributed by atoms with Gasteiger partial charge in [0.05, 0.1) is 11.4 Å². The highest BCUT2D eigenvalue weighted by atomic mass is 31.0. The van der Waals surface area contributed by atoms with Crippen LogP contribution in [0.2, 0.25) is 0 Å². The van der Waals surface area contributed by atoms with E-state index in [0.29, 0.717) is 18.4 Å². The van der Waals surface area contributed by atoms with E-state index in [4.69, 9.17) is 4.74 Å². The van der Waals surface area contributed by atoms with Gasteiger partial charge in [-0.2, -0.15) is 9.36 Å². The molecule has 0 saturated heterocycles. The summed E-state index contributed by atoms with van der Waals surface area (Å²) < 4.78 is 8.58. The summed E-state index contributed by atoms with van der Waals surface area (Å²) in [7, 11) is 4.29. The number of ether oxygens (including phenoxy) is 1. The van der Waals surface area contributed by atoms with E-state index in [1.807, 2.05) is 24.3 Å². The zero-order valence-corrected chi connectivity index (χ0v) is 16.6. The Kier molecular flexibility index (Phi) is 4.79. The Morgan fingerprint density at radius 2 is 2.04 bits per heavy atom. The van der Waals surface area contributed by atoms with Gasteiger partial charge < -0.3 is 4.74 Å². The first-order valence-electron chi connectivity index (χ1n) is 9.07. The topological polar surface area (TPSA) is 74.8 Å². The zero-order chi connectivity index (χ0) is 19.0. The number of pyridine rings is 1. The van der Waals surface area contributed by atoms with Crippen LogP contribution in [0.25, 0.3) is 5.69 Å². The lowest BCUT2D eigenvalue weighted by atomic mass is 10.0. The van der Waals surface area contributed by atoms with Crippen LogP contribution in [0.4, 0.5) is 0 Å². The van der Waals surface area contributed by atoms with E-state index in [2.05, 4.69) is 37.6 Å². The summed E-state index contributed by atoms with van der Waals surface area (Å²) in [5.74, 6) is 1.10. The van der Waals surface area contributed by atoms with Crippen molar-refractivity contribution in [1.29, 1.82) is 0 Å². The van der Waals surface area contributed by atoms with E-state index in [0.717, 1.165) is 41.5 Å². The minimum absolute atomic E-state index is 0.275. The summed E-state index contributed by atoms with van der Waals surface area (Å²) >= 11 is 0. The molecule has 1 fully saturated rings. The predicted octanol–water partition coefficient (Wildman–Crippen LogP) is 1.88. The highest BCUT2D eigenvalue weighted by molar-refractivity contribution is 7.27. The summed E-state index contributed by atoms with van der Waals surface area (Å²) in [6.45, 7) is 2.40. The van der Waals surface area contributed by atoms with Gasteiger partial charge in [0.25, 0.3) is 0 Å². The number of aromatic nitrogens is 5. The maximum absolute atomic E-state index is 12.4. The quantitative estimate of drug-likeness (QED) is 0.608. The van der Waals surface area contributed by atoms with Crippen LogP contribution in [0, 0.1) is 0 Å². The third kappa shape index (κ3) is 3.52. The average Bonchev–Trinajstić information content (AvgIpc) is 3.47. The van der Waals surface area contributed by atoms with E-state index < -0.39 is 0 Å². The fraction of sp³-hybridized carbons (Fsp3) is 0.368. The Morgan fingerprint density at radius 3 is 2.70 bits per heavy atom. The smallest absolute Gasteiger partial charge is 0.368 e. The van der Waals surface area contributed by atoms with Crippen molar-refractivity contribution in [2.45, 2.75) is 38.7 Å². The van der Waals surface area contributed by atoms with Crippen molar-refractivity contribution in [3.8, 4) is 11.6 Å². The second-order valence-electron chi connectivity index (χ2n) is 6.74. The molecular formula is C19H22N5O2P. The molecule has 3 aromatic rings. The number of aryl methyl sites for hydroxylation is 2. The van der Waals surface area contributed by atoms with Crippen LogP contribution in [0.3, 0.4) is 0 Å². The second-order valence-corrected chi connectivity index (χ2v) is 7.37. The third-order valence-electron chi connectivity index (χ3n) is 4.84. The first-order valence-corrected chi connectivity index (χ1v) is 9.65. The van der Waals surface area contributed by atoms with Crippen LogP contribution >= 0.6 is 9.24 Å². The number of rotatable bonds is 6. The number of nitrogens with zero attached hydrogens (tertiary/aromatic N) is 5. The molecule has 140 valence electrons. The SMILES string of the molecule is CCc1nc(OCc2c(C3CC3)cccc2-n2nnn(C)c2=O)ccc1P. The molecule has 2 heterocycles. The lowest BCUT2D eigenvalue weighted by molar-refractivity contribution is 0.291. The molecule has 0 radical (unpaired) electrons. The number of hydrogen-bond acceptors (Lipinski definition) is 5. The standard InChI is InChI=1S/C19H22N5O2P/c1-3-15-17(27)9-10-18(20-15)26-11-14-13(12-7-8-12)5-4-6-16(14)24-19(25)23(2)21-22-24/h4-6,9-10,12H,3,7-8,11,27H2,1-2H3. The number of hydrogen-bond donors (Lipinski definition) is 0. The summed E-state index contributed by atoms with van der Waals surface area (Å²) in [6.07, 6.45) is 3.16. The maximum Gasteiger partial charge on any atom is 0.368 e. The second kappa shape index (κ2) is 7.24. The van der Waals surface area contributed by atoms with Gasteiger partial charge in [-0.05, 0) is 58.6 Å². The van der Waals surface area contributed by atoms with Crippen molar-refractivity contribution in [2.75, 3.05) is 0 Å². The Labute approximate surface area is 159 Å². The Hall–Kier alpha value is -2.53. The Morgan fingerprint density at radius 1 is 1.22 bits per heavy atom. The molecule has 0 spiro atoms. The van der Waals surface area contributed by atoms with Crippen molar-refractivity contribution in [1.82, 2.24) is 24.8 Å². The van der Waals surface area contributed by atoms with E-state index in [1.54, 1.807) is 7.05 Å². The first kappa shape index (κ1) is 17.9. The lowest BCUT2D eigenvalue weighted by Crippen LogP contribution is -2.23. The van der Waals surface area contributed by atoms with Gasteiger partial charge in [-0.15, -0.1) is 9.24 Å². The fourth-order valence-electron chi connectivity index (χ4n) is 3.19. The van der Waals surface area contributed by atoms with Gasteiger partial charge in [-0.25, -0.2) is 9.78 Å². The van der Waals surface area contributed by atoms with Gasteiger partial charge in [0, 0.05) is 18.7 Å². The minimum Gasteiger partial charge on any atom is -0.473 e. The Balaban J connectivity index is 1.70. The molecule has 1 aliphatic rings. The Bertz CT molecular complexity index is 1040. The molecule has 8 heteroatoms. The molecule has 1 unspecified atom stereocenters. The van der Waals surface area contributed by atoms with Crippen molar-refractivity contribution in [3.05, 3.63) is 57.6 Å². The van der Waals surface area contributed by atoms with E-state index in [1.165, 1.54) is 14.9 Å². The zero-order valence-electron chi connectivity index (χ0n) is 15.4. The van der Waals surface area contributed by atoms with E-state index in [9.17, 15) is 4.79 Å². The molecule has 27 heavy (non-hydrogen) atoms. The number of benzene rings is 1. The van der Waals surface area contributed by atoms with Gasteiger partial charge in [0.2, 0.25) is 5.88 Å². The minimum atomic E-state index is -0.275. The largest absolute Gasteiger partial charge is 0.473 e. The van der Waals surface area contributed by atoms with Crippen LogP contribution < -0.4 is 15.7 Å². The molecule has 1 aromatic carbocycles. The molecule has 1 aliphatic carbocycles. The molecule has 0 bridgehead atoms. The molecule has 0 aliphatic heterocycles. The third-order valence-corrected chi connectivity index (χ3v) is 5.36. The predicted molar refractivity (Wildman–Crippen MR) is 106 cm³/mol. The van der Waals surface area contributed by atoms with E-state index in [-0.39, 0.29) is 5.69 Å². The van der Waals surface area contributed by atoms with Crippen molar-refractivity contribution >= 4 is 14.5 Å². The molecule has 1 atom stereocenters. The monoisotopic (exact) mass is 383 g/mol. The van der Waals surface area contributed by atoms with Gasteiger partial charge in [-0.1, -0.05) is 19.1 Å². The molecule has 0 amide bonds. The summed E-state index contributed by atoms with van der Waals surface area (Å²) in [4.78, 5) is 16.9. The van der Waals surface area contributed by atoms with Crippen LogP contribution in [-0.2, 0) is 20.1 Å². The molecule has 2 aromatic heterocycles. The first-order chi connectivity index (χ1) is 13.1. The summed E-state index contributed by atoms with van der Waals surface area (Å²) in [5, 5.41) is 8.92. The van der Waals surface area contributed by atoms with Crippen molar-refractivity contribution in [3.63, 3.8) is 0 Å². The number of tetrazole rings is 1. The van der Waals surface area contributed by atoms with Crippen LogP contribution in [-0.4, -0.2) is 24.8 Å². The van der Waals surface area contributed by atoms with Crippen molar-refractivity contribution < 1.29 is 4.74 Å². The van der Waals surface area contributed by atoms with Crippen LogP contribution in [0.1, 0.15) is 42.5 Å². The molecule has 4 rings (SSSR count). The normalized spacial score (nSPS) is 13.7. The van der Waals surface area contributed by atoms with Gasteiger partial charge in [-0.3, -0.25) is 0 Å². The van der Waals surface area contributed by atoms with Gasteiger partial charge in [0.15, 0.2) is 0 Å². The average molecular weight is 383 g/mol. The fourth-order valence-corrected chi connectivity index (χ4v) is 3.56. The van der Waals surface area contributed by atoms with E-state index >= 15 is 0 Å². The van der Waals surface area contributed by atoms with Crippen molar-refractivity contribution in [2.24, 2.45) is 7.05 Å². The van der Waals surface area contributed by atoms with Crippen LogP contribution in [0.15, 0.2) is 35.1 Å². The lowest BCUT2D eigenvalue weighted by Gasteiger charge is -2.15. The summed E-state index contributed by atoms with van der Waals surface area (Å²) in [6, 6.07) is 9.82. The molecule has 7 nitrogen and oxygen atoms in total. The van der Waals surface area contributed by atoms with Crippen LogP contribution in [0.5, 0.6) is 5.88 Å². The highest BCUT2D eigenvalue weighted by Crippen LogP contribution is 2.42. The molecule has 1 saturated carbocycles. The summed E-state index contributed by atoms with van der Waals surface area (Å²) in [5.41, 5.74) is 3.62. The maximum atomic E-state index is 12.4. The van der Waals surface area contributed by atoms with Gasteiger partial charge >= 0.3 is 5.69 Å². The highest BCUT2D eigenvalue weighted by Gasteiger charge is 2.28. The van der Waals surface area contributed by atoms with Gasteiger partial charge in [0.1, 0.15) is 6.61 Å². The molecule has 0 N–H and O–H groups in total.